The van der Waals surface area contributed by atoms with Crippen LogP contribution in [0.25, 0.3) is 11.0 Å². The standard InChI is InChI=1S/C13H12ClO5.3CH3.Sn/c1-16-4-5-17-8-19-13-7-12-9(6-10(13)14)11(15)2-3-18-12;;;;/h3,6-7H,4-5,8H2,1H3;3*1H3;. The van der Waals surface area contributed by atoms with Crippen molar-refractivity contribution < 1.29 is 18.6 Å². The van der Waals surface area contributed by atoms with Crippen LogP contribution in [0.5, 0.6) is 5.75 Å². The van der Waals surface area contributed by atoms with E-state index in [0.717, 1.165) is 3.58 Å². The maximum absolute atomic E-state index is 12.6. The fourth-order valence-corrected chi connectivity index (χ4v) is 5.79. The number of halogens is 1. The van der Waals surface area contributed by atoms with E-state index in [-0.39, 0.29) is 12.2 Å². The van der Waals surface area contributed by atoms with Crippen LogP contribution in [0.1, 0.15) is 0 Å². The Morgan fingerprint density at radius 1 is 1.22 bits per heavy atom. The van der Waals surface area contributed by atoms with Crippen LogP contribution in [0.3, 0.4) is 0 Å². The molecule has 1 aromatic carbocycles. The van der Waals surface area contributed by atoms with Crippen molar-refractivity contribution in [2.24, 2.45) is 0 Å². The van der Waals surface area contributed by atoms with Gasteiger partial charge in [-0.15, -0.1) is 0 Å². The zero-order valence-corrected chi connectivity index (χ0v) is 17.4. The second-order valence-electron chi connectivity index (χ2n) is 6.17. The van der Waals surface area contributed by atoms with Crippen LogP contribution in [-0.4, -0.2) is 45.5 Å². The average molecular weight is 448 g/mol. The van der Waals surface area contributed by atoms with E-state index in [1.165, 1.54) is 0 Å². The predicted molar refractivity (Wildman–Crippen MR) is 93.8 cm³/mol. The zero-order valence-electron chi connectivity index (χ0n) is 13.8. The van der Waals surface area contributed by atoms with E-state index in [0.29, 0.717) is 35.0 Å². The van der Waals surface area contributed by atoms with Gasteiger partial charge in [-0.05, 0) is 0 Å². The molecule has 7 heteroatoms. The molecule has 0 saturated carbocycles. The molecule has 0 aliphatic carbocycles. The van der Waals surface area contributed by atoms with Crippen LogP contribution in [0.15, 0.2) is 27.6 Å². The van der Waals surface area contributed by atoms with Crippen molar-refractivity contribution in [1.29, 1.82) is 0 Å². The molecule has 0 fully saturated rings. The van der Waals surface area contributed by atoms with E-state index in [9.17, 15) is 4.79 Å². The molecule has 5 nitrogen and oxygen atoms in total. The zero-order chi connectivity index (χ0) is 17.0. The molecule has 0 atom stereocenters. The third-order valence-corrected chi connectivity index (χ3v) is 9.26. The van der Waals surface area contributed by atoms with Gasteiger partial charge in [0.15, 0.2) is 0 Å². The van der Waals surface area contributed by atoms with Gasteiger partial charge in [-0.2, -0.15) is 0 Å². The van der Waals surface area contributed by atoms with Crippen molar-refractivity contribution in [3.8, 4) is 5.75 Å². The fourth-order valence-electron chi connectivity index (χ4n) is 2.07. The molecule has 23 heavy (non-hydrogen) atoms. The average Bonchev–Trinajstić information content (AvgIpc) is 2.47. The summed E-state index contributed by atoms with van der Waals surface area (Å²) in [6.07, 6.45) is 1.59. The molecular weight excluding hydrogens is 426 g/mol. The van der Waals surface area contributed by atoms with Crippen LogP contribution in [0, 0.1) is 0 Å². The molecule has 0 aliphatic heterocycles. The molecule has 0 aliphatic rings. The minimum absolute atomic E-state index is 0.0133. The van der Waals surface area contributed by atoms with Crippen LogP contribution in [0.4, 0.5) is 0 Å². The Balaban J connectivity index is 2.27. The summed E-state index contributed by atoms with van der Waals surface area (Å²) >= 11 is 3.69. The van der Waals surface area contributed by atoms with E-state index >= 15 is 0 Å². The van der Waals surface area contributed by atoms with Crippen molar-refractivity contribution in [2.75, 3.05) is 27.1 Å². The van der Waals surface area contributed by atoms with Crippen LogP contribution in [0.2, 0.25) is 19.8 Å². The topological polar surface area (TPSA) is 57.9 Å². The van der Waals surface area contributed by atoms with Gasteiger partial charge in [-0.25, -0.2) is 0 Å². The first kappa shape index (κ1) is 18.6. The molecule has 126 valence electrons. The number of hydrogen-bond acceptors (Lipinski definition) is 5. The molecule has 0 unspecified atom stereocenters. The first-order valence-electron chi connectivity index (χ1n) is 7.29. The Hall–Kier alpha value is -0.761. The predicted octanol–water partition coefficient (Wildman–Crippen LogP) is 2.99. The third-order valence-electron chi connectivity index (χ3n) is 3.36. The quantitative estimate of drug-likeness (QED) is 0.371. The van der Waals surface area contributed by atoms with Gasteiger partial charge in [0.1, 0.15) is 0 Å². The molecule has 2 aromatic rings. The number of fused-ring (bicyclic) bond motifs is 1. The van der Waals surface area contributed by atoms with Gasteiger partial charge in [0.05, 0.1) is 0 Å². The van der Waals surface area contributed by atoms with Crippen molar-refractivity contribution in [2.45, 2.75) is 14.8 Å². The third kappa shape index (κ3) is 4.62. The first-order valence-corrected chi connectivity index (χ1v) is 17.7. The van der Waals surface area contributed by atoms with E-state index < -0.39 is 18.4 Å². The number of ether oxygens (including phenoxy) is 3. The summed E-state index contributed by atoms with van der Waals surface area (Å²) in [5.41, 5.74) is 0.477. The molecule has 1 aromatic heterocycles. The molecule has 2 rings (SSSR count). The summed E-state index contributed by atoms with van der Waals surface area (Å²) in [7, 11) is 1.60. The molecule has 0 amide bonds. The van der Waals surface area contributed by atoms with Crippen molar-refractivity contribution in [1.82, 2.24) is 0 Å². The summed E-state index contributed by atoms with van der Waals surface area (Å²) in [5.74, 6) is 0.423. The van der Waals surface area contributed by atoms with Gasteiger partial charge >= 0.3 is 137 Å². The SMILES string of the molecule is COCCOCOc1cc2oc[c]([Sn]([CH3])([CH3])[CH3])c(=O)c2cc1Cl. The number of rotatable bonds is 7. The minimum atomic E-state index is -2.53. The summed E-state index contributed by atoms with van der Waals surface area (Å²) in [4.78, 5) is 19.1. The van der Waals surface area contributed by atoms with Crippen LogP contribution >= 0.6 is 11.6 Å². The summed E-state index contributed by atoms with van der Waals surface area (Å²) < 4.78 is 22.1. The van der Waals surface area contributed by atoms with Gasteiger partial charge in [-0.1, -0.05) is 0 Å². The summed E-state index contributed by atoms with van der Waals surface area (Å²) in [6.45, 7) is 0.971. The van der Waals surface area contributed by atoms with Gasteiger partial charge in [0.2, 0.25) is 0 Å². The van der Waals surface area contributed by atoms with Gasteiger partial charge in [0, 0.05) is 7.11 Å². The number of benzene rings is 1. The Labute approximate surface area is 144 Å². The normalized spacial score (nSPS) is 11.9. The van der Waals surface area contributed by atoms with Gasteiger partial charge < -0.3 is 0 Å². The van der Waals surface area contributed by atoms with Gasteiger partial charge in [0.25, 0.3) is 0 Å². The molecular formula is C16H21ClO5Sn. The Kier molecular flexibility index (Phi) is 6.36. The van der Waals surface area contributed by atoms with E-state index in [1.54, 1.807) is 25.5 Å². The Bertz CT molecular complexity index is 736. The van der Waals surface area contributed by atoms with Crippen molar-refractivity contribution >= 4 is 44.5 Å². The van der Waals surface area contributed by atoms with Gasteiger partial charge in [-0.3, -0.25) is 0 Å². The second-order valence-corrected chi connectivity index (χ2v) is 21.0. The monoisotopic (exact) mass is 448 g/mol. The molecule has 1 heterocycles. The molecule has 0 radical (unpaired) electrons. The number of hydrogen-bond donors (Lipinski definition) is 0. The molecule has 0 N–H and O–H groups in total. The summed E-state index contributed by atoms with van der Waals surface area (Å²) in [6, 6.07) is 3.23. The van der Waals surface area contributed by atoms with E-state index in [4.69, 9.17) is 30.2 Å². The summed E-state index contributed by atoms with van der Waals surface area (Å²) in [5, 5.41) is 0.855. The molecule has 0 saturated heterocycles. The number of methoxy groups -OCH3 is 1. The maximum atomic E-state index is 12.6. The first-order chi connectivity index (χ1) is 10.8. The van der Waals surface area contributed by atoms with Crippen molar-refractivity contribution in [3.63, 3.8) is 0 Å². The Morgan fingerprint density at radius 2 is 1.96 bits per heavy atom. The van der Waals surface area contributed by atoms with E-state index in [1.807, 2.05) is 0 Å². The second kappa shape index (κ2) is 7.87. The fraction of sp³-hybridized carbons (Fsp3) is 0.438. The Morgan fingerprint density at radius 3 is 2.61 bits per heavy atom. The van der Waals surface area contributed by atoms with Crippen molar-refractivity contribution in [3.05, 3.63) is 33.6 Å². The van der Waals surface area contributed by atoms with Crippen LogP contribution in [-0.2, 0) is 9.47 Å². The molecule has 0 bridgehead atoms. The van der Waals surface area contributed by atoms with Crippen LogP contribution < -0.4 is 13.7 Å². The van der Waals surface area contributed by atoms with E-state index in [2.05, 4.69) is 14.8 Å². The molecule has 0 spiro atoms.